The highest BCUT2D eigenvalue weighted by molar-refractivity contribution is 7.61. The molecule has 0 aliphatic carbocycles. The second kappa shape index (κ2) is 4.38. The number of hydrogen-bond acceptors (Lipinski definition) is 3. The molecule has 3 aliphatic rings. The van der Waals surface area contributed by atoms with Crippen molar-refractivity contribution in [3.8, 4) is 0 Å². The van der Waals surface area contributed by atoms with Crippen LogP contribution in [-0.4, -0.2) is 30.9 Å². The summed E-state index contributed by atoms with van der Waals surface area (Å²) in [6.07, 6.45) is -7.40. The predicted molar refractivity (Wildman–Crippen MR) is 46.2 cm³/mol. The summed E-state index contributed by atoms with van der Waals surface area (Å²) < 4.78 is 64.1. The maximum Gasteiger partial charge on any atom is 0.392 e. The smallest absolute Gasteiger partial charge is 0.307 e. The van der Waals surface area contributed by atoms with Crippen LogP contribution in [0.1, 0.15) is 6.42 Å². The van der Waals surface area contributed by atoms with Gasteiger partial charge in [-0.05, 0) is 7.92 Å². The van der Waals surface area contributed by atoms with E-state index in [9.17, 15) is 17.6 Å². The van der Waals surface area contributed by atoms with Gasteiger partial charge in [0.1, 0.15) is 12.0 Å². The monoisotopic (exact) mass is 266 g/mol. The summed E-state index contributed by atoms with van der Waals surface area (Å²) in [5, 5.41) is 0. The summed E-state index contributed by atoms with van der Waals surface area (Å²) >= 11 is 0. The third kappa shape index (κ3) is 2.98. The largest absolute Gasteiger partial charge is 0.392 e. The zero-order valence-electron chi connectivity index (χ0n) is 7.41. The van der Waals surface area contributed by atoms with Gasteiger partial charge in [0.2, 0.25) is 0 Å². The maximum atomic E-state index is 13.3. The standard InChI is InChI=1S/C6H8F4O3P2/c7-4(1-6(8,9)10)5-13-15-11-2-14(5)3-12-15/h4-5H,1-3H2. The van der Waals surface area contributed by atoms with E-state index in [1.807, 2.05) is 0 Å². The fourth-order valence-electron chi connectivity index (χ4n) is 1.30. The second-order valence-corrected chi connectivity index (χ2v) is 6.54. The molecule has 2 bridgehead atoms. The molecule has 0 radical (unpaired) electrons. The highest BCUT2D eigenvalue weighted by Crippen LogP contribution is 2.65. The molecule has 0 aromatic heterocycles. The number of halogens is 4. The Hall–Kier alpha value is 0.460. The molecule has 0 amide bonds. The van der Waals surface area contributed by atoms with Crippen molar-refractivity contribution in [3.05, 3.63) is 0 Å². The van der Waals surface area contributed by atoms with Gasteiger partial charge < -0.3 is 13.6 Å². The van der Waals surface area contributed by atoms with Crippen LogP contribution in [-0.2, 0) is 13.6 Å². The SMILES string of the molecule is FC(CC(F)(F)F)C1OP2OCP1CO2. The topological polar surface area (TPSA) is 27.7 Å². The van der Waals surface area contributed by atoms with Gasteiger partial charge in [0.25, 0.3) is 0 Å². The Morgan fingerprint density at radius 3 is 2.27 bits per heavy atom. The van der Waals surface area contributed by atoms with E-state index in [2.05, 4.69) is 0 Å². The van der Waals surface area contributed by atoms with Crippen molar-refractivity contribution >= 4 is 16.5 Å². The highest BCUT2D eigenvalue weighted by Gasteiger charge is 2.47. The Balaban J connectivity index is 1.93. The highest BCUT2D eigenvalue weighted by atomic mass is 31.2. The van der Waals surface area contributed by atoms with Crippen LogP contribution in [0, 0.1) is 0 Å². The molecule has 0 N–H and O–H groups in total. The molecule has 3 fully saturated rings. The Kier molecular flexibility index (Phi) is 3.48. The van der Waals surface area contributed by atoms with E-state index in [1.54, 1.807) is 0 Å². The normalized spacial score (nSPS) is 38.0. The molecule has 9 heteroatoms. The zero-order valence-corrected chi connectivity index (χ0v) is 9.20. The summed E-state index contributed by atoms with van der Waals surface area (Å²) in [7, 11) is -2.69. The minimum absolute atomic E-state index is 0.282. The van der Waals surface area contributed by atoms with Crippen LogP contribution in [0.3, 0.4) is 0 Å². The van der Waals surface area contributed by atoms with Crippen molar-refractivity contribution in [1.82, 2.24) is 0 Å². The molecule has 3 saturated heterocycles. The molecule has 2 unspecified atom stereocenters. The average Bonchev–Trinajstić information content (AvgIpc) is 2.17. The van der Waals surface area contributed by atoms with E-state index >= 15 is 0 Å². The molecule has 3 heterocycles. The summed E-state index contributed by atoms with van der Waals surface area (Å²) in [6, 6.07) is 0. The van der Waals surface area contributed by atoms with Gasteiger partial charge in [-0.3, -0.25) is 0 Å². The Bertz CT molecular complexity index is 231. The van der Waals surface area contributed by atoms with Crippen LogP contribution in [0.25, 0.3) is 0 Å². The van der Waals surface area contributed by atoms with E-state index < -0.39 is 41.1 Å². The summed E-state index contributed by atoms with van der Waals surface area (Å²) in [5.74, 6) is -0.977. The lowest BCUT2D eigenvalue weighted by Gasteiger charge is -2.41. The van der Waals surface area contributed by atoms with Crippen LogP contribution in [0.2, 0.25) is 0 Å². The van der Waals surface area contributed by atoms with Gasteiger partial charge in [-0.25, -0.2) is 4.39 Å². The van der Waals surface area contributed by atoms with Gasteiger partial charge in [-0.1, -0.05) is 0 Å². The van der Waals surface area contributed by atoms with E-state index in [0.29, 0.717) is 0 Å². The van der Waals surface area contributed by atoms with Crippen molar-refractivity contribution in [2.24, 2.45) is 0 Å². The summed E-state index contributed by atoms with van der Waals surface area (Å²) in [5.41, 5.74) is 0. The number of rotatable bonds is 2. The van der Waals surface area contributed by atoms with E-state index in [0.717, 1.165) is 0 Å². The quantitative estimate of drug-likeness (QED) is 0.567. The molecule has 88 valence electrons. The van der Waals surface area contributed by atoms with Crippen molar-refractivity contribution in [1.29, 1.82) is 0 Å². The molecule has 15 heavy (non-hydrogen) atoms. The van der Waals surface area contributed by atoms with E-state index in [-0.39, 0.29) is 12.7 Å². The van der Waals surface area contributed by atoms with Gasteiger partial charge in [0.05, 0.1) is 19.1 Å². The van der Waals surface area contributed by atoms with Crippen molar-refractivity contribution < 1.29 is 31.1 Å². The molecular weight excluding hydrogens is 258 g/mol. The van der Waals surface area contributed by atoms with Gasteiger partial charge in [-0.2, -0.15) is 13.2 Å². The molecule has 3 aliphatic heterocycles. The number of fused-ring (bicyclic) bond motifs is 3. The average molecular weight is 266 g/mol. The molecule has 3 rings (SSSR count). The molecule has 2 atom stereocenters. The Morgan fingerprint density at radius 2 is 1.87 bits per heavy atom. The lowest BCUT2D eigenvalue weighted by molar-refractivity contribution is -0.151. The molecule has 0 aromatic carbocycles. The third-order valence-electron chi connectivity index (χ3n) is 1.95. The number of alkyl halides is 4. The molecule has 0 saturated carbocycles. The minimum atomic E-state index is -4.50. The lowest BCUT2D eigenvalue weighted by Crippen LogP contribution is -2.34. The van der Waals surface area contributed by atoms with Crippen LogP contribution in [0.15, 0.2) is 0 Å². The molecular formula is C6H8F4O3P2. The first kappa shape index (κ1) is 11.9. The van der Waals surface area contributed by atoms with Gasteiger partial charge in [0.15, 0.2) is 0 Å². The van der Waals surface area contributed by atoms with Crippen molar-refractivity contribution in [2.75, 3.05) is 12.7 Å². The molecule has 3 nitrogen and oxygen atoms in total. The van der Waals surface area contributed by atoms with Crippen LogP contribution in [0.5, 0.6) is 0 Å². The Labute approximate surface area is 85.8 Å². The maximum absolute atomic E-state index is 13.3. The molecule has 0 spiro atoms. The van der Waals surface area contributed by atoms with Crippen LogP contribution in [0.4, 0.5) is 17.6 Å². The van der Waals surface area contributed by atoms with Gasteiger partial charge in [-0.15, -0.1) is 0 Å². The van der Waals surface area contributed by atoms with Crippen LogP contribution >= 0.6 is 16.5 Å². The lowest BCUT2D eigenvalue weighted by atomic mass is 10.3. The van der Waals surface area contributed by atoms with Crippen LogP contribution < -0.4 is 0 Å². The first-order chi connectivity index (χ1) is 6.96. The first-order valence-corrected chi connectivity index (χ1v) is 7.01. The van der Waals surface area contributed by atoms with E-state index in [4.69, 9.17) is 13.6 Å². The second-order valence-electron chi connectivity index (χ2n) is 3.16. The fraction of sp³-hybridized carbons (Fsp3) is 1.00. The first-order valence-electron chi connectivity index (χ1n) is 4.13. The minimum Gasteiger partial charge on any atom is -0.307 e. The Morgan fingerprint density at radius 1 is 1.27 bits per heavy atom. The summed E-state index contributed by atoms with van der Waals surface area (Å²) in [4.78, 5) is 0. The van der Waals surface area contributed by atoms with Crippen molar-refractivity contribution in [2.45, 2.75) is 24.6 Å². The fourth-order valence-corrected chi connectivity index (χ4v) is 5.44. The van der Waals surface area contributed by atoms with Gasteiger partial charge in [0, 0.05) is 0 Å². The summed E-state index contributed by atoms with van der Waals surface area (Å²) in [6.45, 7) is 0. The molecule has 0 aromatic rings. The number of hydrogen-bond donors (Lipinski definition) is 0. The van der Waals surface area contributed by atoms with Crippen molar-refractivity contribution in [3.63, 3.8) is 0 Å². The third-order valence-corrected chi connectivity index (χ3v) is 5.67. The van der Waals surface area contributed by atoms with E-state index in [1.165, 1.54) is 0 Å². The predicted octanol–water partition coefficient (Wildman–Crippen LogP) is 3.30. The zero-order chi connectivity index (χ0) is 11.1. The van der Waals surface area contributed by atoms with Gasteiger partial charge >= 0.3 is 14.8 Å².